The third kappa shape index (κ3) is 1.88. The van der Waals surface area contributed by atoms with Crippen LogP contribution in [0.15, 0.2) is 24.3 Å². The zero-order valence-corrected chi connectivity index (χ0v) is 10.2. The van der Waals surface area contributed by atoms with Gasteiger partial charge in [0.05, 0.1) is 0 Å². The minimum absolute atomic E-state index is 0.153. The van der Waals surface area contributed by atoms with E-state index < -0.39 is 0 Å². The van der Waals surface area contributed by atoms with Crippen LogP contribution < -0.4 is 5.73 Å². The average Bonchev–Trinajstić information content (AvgIpc) is 2.64. The van der Waals surface area contributed by atoms with Gasteiger partial charge in [-0.3, -0.25) is 0 Å². The summed E-state index contributed by atoms with van der Waals surface area (Å²) in [5.41, 5.74) is 8.46. The highest BCUT2D eigenvalue weighted by molar-refractivity contribution is 7.15. The van der Waals surface area contributed by atoms with Gasteiger partial charge in [-0.1, -0.05) is 12.1 Å². The van der Waals surface area contributed by atoms with E-state index in [4.69, 9.17) is 5.73 Å². The summed E-state index contributed by atoms with van der Waals surface area (Å²) in [7, 11) is 0. The van der Waals surface area contributed by atoms with E-state index in [1.807, 2.05) is 19.9 Å². The van der Waals surface area contributed by atoms with Gasteiger partial charge in [-0.2, -0.15) is 0 Å². The molecule has 0 aliphatic rings. The van der Waals surface area contributed by atoms with Crippen molar-refractivity contribution in [2.75, 3.05) is 0 Å². The lowest BCUT2D eigenvalue weighted by molar-refractivity contribution is 0.619. The lowest BCUT2D eigenvalue weighted by Crippen LogP contribution is -1.91. The zero-order chi connectivity index (χ0) is 11.7. The summed E-state index contributed by atoms with van der Waals surface area (Å²) in [5, 5.41) is 0. The van der Waals surface area contributed by atoms with Crippen molar-refractivity contribution >= 4 is 11.3 Å². The van der Waals surface area contributed by atoms with Crippen LogP contribution in [0.25, 0.3) is 10.4 Å². The Kier molecular flexibility index (Phi) is 3.08. The fraction of sp³-hybridized carbons (Fsp3) is 0.231. The molecule has 2 aromatic rings. The minimum atomic E-state index is -0.153. The first-order valence-corrected chi connectivity index (χ1v) is 6.00. The predicted octanol–water partition coefficient (Wildman–Crippen LogP) is 3.63. The average molecular weight is 235 g/mol. The number of aryl methyl sites for hydroxylation is 1. The van der Waals surface area contributed by atoms with Gasteiger partial charge in [-0.05, 0) is 42.7 Å². The van der Waals surface area contributed by atoms with E-state index in [1.165, 1.54) is 11.6 Å². The Morgan fingerprint density at radius 3 is 2.69 bits per heavy atom. The summed E-state index contributed by atoms with van der Waals surface area (Å²) in [5.74, 6) is -0.153. The van der Waals surface area contributed by atoms with Crippen LogP contribution in [-0.2, 0) is 6.54 Å². The van der Waals surface area contributed by atoms with Gasteiger partial charge in [0.25, 0.3) is 0 Å². The lowest BCUT2D eigenvalue weighted by atomic mass is 10.0. The molecule has 0 saturated carbocycles. The Balaban J connectivity index is 2.58. The number of nitrogens with two attached hydrogens (primary N) is 1. The van der Waals surface area contributed by atoms with Crippen LogP contribution in [0.3, 0.4) is 0 Å². The molecule has 84 valence electrons. The molecular weight excluding hydrogens is 221 g/mol. The summed E-state index contributed by atoms with van der Waals surface area (Å²) in [6, 6.07) is 7.27. The Morgan fingerprint density at radius 2 is 2.06 bits per heavy atom. The van der Waals surface area contributed by atoms with Crippen molar-refractivity contribution in [3.05, 3.63) is 46.1 Å². The minimum Gasteiger partial charge on any atom is -0.326 e. The van der Waals surface area contributed by atoms with Crippen LogP contribution >= 0.6 is 11.3 Å². The summed E-state index contributed by atoms with van der Waals surface area (Å²) >= 11 is 1.64. The van der Waals surface area contributed by atoms with Crippen LogP contribution in [0.2, 0.25) is 0 Å². The van der Waals surface area contributed by atoms with Gasteiger partial charge in [0.2, 0.25) is 0 Å². The lowest BCUT2D eigenvalue weighted by Gasteiger charge is -2.05. The maximum Gasteiger partial charge on any atom is 0.126 e. The number of thiophene rings is 1. The largest absolute Gasteiger partial charge is 0.326 e. The van der Waals surface area contributed by atoms with E-state index in [0.29, 0.717) is 12.1 Å². The molecule has 0 bridgehead atoms. The highest BCUT2D eigenvalue weighted by atomic mass is 32.1. The Labute approximate surface area is 98.7 Å². The molecule has 1 aromatic carbocycles. The third-order valence-electron chi connectivity index (χ3n) is 2.68. The Morgan fingerprint density at radius 1 is 1.31 bits per heavy atom. The monoisotopic (exact) mass is 235 g/mol. The van der Waals surface area contributed by atoms with Crippen LogP contribution in [-0.4, -0.2) is 0 Å². The molecule has 2 N–H and O–H groups in total. The summed E-state index contributed by atoms with van der Waals surface area (Å²) in [4.78, 5) is 2.26. The smallest absolute Gasteiger partial charge is 0.126 e. The van der Waals surface area contributed by atoms with Gasteiger partial charge in [0.15, 0.2) is 0 Å². The van der Waals surface area contributed by atoms with Crippen molar-refractivity contribution in [1.29, 1.82) is 0 Å². The van der Waals surface area contributed by atoms with E-state index in [9.17, 15) is 4.39 Å². The van der Waals surface area contributed by atoms with Gasteiger partial charge < -0.3 is 5.73 Å². The second-order valence-electron chi connectivity index (χ2n) is 3.84. The normalized spacial score (nSPS) is 10.8. The molecule has 1 nitrogen and oxygen atoms in total. The van der Waals surface area contributed by atoms with Crippen LogP contribution in [0.4, 0.5) is 4.39 Å². The standard InChI is InChI=1S/C13H14FNS/c1-8-6-10(7-15)16-13(8)11-4-3-5-12(14)9(11)2/h3-6H,7,15H2,1-2H3. The SMILES string of the molecule is Cc1cc(CN)sc1-c1cccc(F)c1C. The third-order valence-corrected chi connectivity index (χ3v) is 3.98. The molecule has 3 heteroatoms. The molecule has 2 rings (SSSR count). The first kappa shape index (κ1) is 11.3. The maximum atomic E-state index is 13.5. The van der Waals surface area contributed by atoms with Gasteiger partial charge in [0, 0.05) is 16.3 Å². The highest BCUT2D eigenvalue weighted by Gasteiger charge is 2.11. The first-order valence-electron chi connectivity index (χ1n) is 5.18. The van der Waals surface area contributed by atoms with Crippen molar-refractivity contribution in [2.24, 2.45) is 5.73 Å². The van der Waals surface area contributed by atoms with Gasteiger partial charge in [-0.15, -0.1) is 11.3 Å². The molecule has 0 fully saturated rings. The van der Waals surface area contributed by atoms with Crippen LogP contribution in [0, 0.1) is 19.7 Å². The first-order chi connectivity index (χ1) is 7.63. The fourth-order valence-corrected chi connectivity index (χ4v) is 2.90. The molecule has 0 aliphatic carbocycles. The van der Waals surface area contributed by atoms with Gasteiger partial charge in [-0.25, -0.2) is 4.39 Å². The Bertz CT molecular complexity index is 517. The van der Waals surface area contributed by atoms with Crippen molar-refractivity contribution in [1.82, 2.24) is 0 Å². The molecule has 0 spiro atoms. The van der Waals surface area contributed by atoms with Crippen molar-refractivity contribution in [2.45, 2.75) is 20.4 Å². The molecule has 1 heterocycles. The maximum absolute atomic E-state index is 13.5. The van der Waals surface area contributed by atoms with E-state index >= 15 is 0 Å². The Hall–Kier alpha value is -1.19. The zero-order valence-electron chi connectivity index (χ0n) is 9.38. The van der Waals surface area contributed by atoms with Gasteiger partial charge >= 0.3 is 0 Å². The van der Waals surface area contributed by atoms with Crippen molar-refractivity contribution < 1.29 is 4.39 Å². The molecule has 0 amide bonds. The molecule has 0 unspecified atom stereocenters. The summed E-state index contributed by atoms with van der Waals surface area (Å²) in [6.45, 7) is 4.39. The number of hydrogen-bond acceptors (Lipinski definition) is 2. The molecular formula is C13H14FNS. The van der Waals surface area contributed by atoms with E-state index in [2.05, 4.69) is 6.07 Å². The number of hydrogen-bond donors (Lipinski definition) is 1. The van der Waals surface area contributed by atoms with Crippen molar-refractivity contribution in [3.63, 3.8) is 0 Å². The molecule has 1 aromatic heterocycles. The van der Waals surface area contributed by atoms with Crippen molar-refractivity contribution in [3.8, 4) is 10.4 Å². The van der Waals surface area contributed by atoms with E-state index in [1.54, 1.807) is 17.4 Å². The number of halogens is 1. The van der Waals surface area contributed by atoms with E-state index in [0.717, 1.165) is 15.3 Å². The van der Waals surface area contributed by atoms with Crippen LogP contribution in [0.1, 0.15) is 16.0 Å². The quantitative estimate of drug-likeness (QED) is 0.845. The van der Waals surface area contributed by atoms with Gasteiger partial charge in [0.1, 0.15) is 5.82 Å². The molecule has 0 atom stereocenters. The number of rotatable bonds is 2. The molecule has 0 radical (unpaired) electrons. The fourth-order valence-electron chi connectivity index (χ4n) is 1.77. The molecule has 0 saturated heterocycles. The molecule has 0 aliphatic heterocycles. The van der Waals surface area contributed by atoms with Crippen LogP contribution in [0.5, 0.6) is 0 Å². The predicted molar refractivity (Wildman–Crippen MR) is 67.1 cm³/mol. The highest BCUT2D eigenvalue weighted by Crippen LogP contribution is 2.34. The second-order valence-corrected chi connectivity index (χ2v) is 4.98. The second kappa shape index (κ2) is 4.36. The van der Waals surface area contributed by atoms with E-state index in [-0.39, 0.29) is 5.82 Å². The topological polar surface area (TPSA) is 26.0 Å². The number of benzene rings is 1. The summed E-state index contributed by atoms with van der Waals surface area (Å²) < 4.78 is 13.5. The molecule has 16 heavy (non-hydrogen) atoms. The summed E-state index contributed by atoms with van der Waals surface area (Å²) in [6.07, 6.45) is 0.